The van der Waals surface area contributed by atoms with Crippen LogP contribution in [0.15, 0.2) is 5.51 Å². The molecule has 2 aliphatic rings. The van der Waals surface area contributed by atoms with E-state index in [2.05, 4.69) is 15.2 Å². The number of nitrogens with one attached hydrogen (secondary N) is 1. The third-order valence-corrected chi connectivity index (χ3v) is 4.57. The first kappa shape index (κ1) is 10.7. The summed E-state index contributed by atoms with van der Waals surface area (Å²) >= 11 is 1.85. The highest BCUT2D eigenvalue weighted by atomic mass is 32.1. The maximum atomic E-state index is 4.58. The number of piperazine rings is 1. The van der Waals surface area contributed by atoms with Gasteiger partial charge in [0.15, 0.2) is 0 Å². The molecule has 88 valence electrons. The molecule has 1 aromatic rings. The molecule has 1 aromatic heterocycles. The van der Waals surface area contributed by atoms with Crippen LogP contribution in [0, 0.1) is 0 Å². The Hall–Kier alpha value is -0.450. The number of aromatic nitrogens is 1. The van der Waals surface area contributed by atoms with Crippen LogP contribution in [-0.2, 0) is 6.54 Å². The summed E-state index contributed by atoms with van der Waals surface area (Å²) in [6, 6.07) is 0. The van der Waals surface area contributed by atoms with Gasteiger partial charge in [-0.05, 0) is 12.8 Å². The zero-order valence-corrected chi connectivity index (χ0v) is 10.4. The fourth-order valence-corrected chi connectivity index (χ4v) is 3.38. The lowest BCUT2D eigenvalue weighted by molar-refractivity contribution is 0.233. The van der Waals surface area contributed by atoms with Crippen molar-refractivity contribution < 1.29 is 0 Å². The molecule has 2 fully saturated rings. The van der Waals surface area contributed by atoms with Crippen LogP contribution in [0.5, 0.6) is 0 Å². The molecule has 1 aliphatic heterocycles. The standard InChI is InChI=1S/C12H19N3S/c1-2-10(3-1)12-11(16-9-14-12)8-15-6-4-13-5-7-15/h9-10,13H,1-8H2. The molecule has 4 heteroatoms. The van der Waals surface area contributed by atoms with Crippen molar-refractivity contribution in [3.8, 4) is 0 Å². The Bertz CT molecular complexity index is 340. The predicted octanol–water partition coefficient (Wildman–Crippen LogP) is 1.82. The van der Waals surface area contributed by atoms with E-state index in [4.69, 9.17) is 0 Å². The molecule has 1 N–H and O–H groups in total. The Morgan fingerprint density at radius 3 is 2.88 bits per heavy atom. The average molecular weight is 237 g/mol. The van der Waals surface area contributed by atoms with Gasteiger partial charge in [-0.3, -0.25) is 4.90 Å². The summed E-state index contributed by atoms with van der Waals surface area (Å²) in [4.78, 5) is 8.65. The average Bonchev–Trinajstić information content (AvgIpc) is 2.66. The van der Waals surface area contributed by atoms with E-state index in [1.54, 1.807) is 0 Å². The van der Waals surface area contributed by atoms with E-state index in [1.807, 2.05) is 16.8 Å². The monoisotopic (exact) mass is 237 g/mol. The Kier molecular flexibility index (Phi) is 3.22. The molecule has 0 radical (unpaired) electrons. The van der Waals surface area contributed by atoms with Gasteiger partial charge in [-0.15, -0.1) is 11.3 Å². The predicted molar refractivity (Wildman–Crippen MR) is 66.9 cm³/mol. The highest BCUT2D eigenvalue weighted by molar-refractivity contribution is 7.09. The lowest BCUT2D eigenvalue weighted by atomic mass is 9.82. The highest BCUT2D eigenvalue weighted by Gasteiger charge is 2.25. The molecule has 3 nitrogen and oxygen atoms in total. The third kappa shape index (κ3) is 2.14. The smallest absolute Gasteiger partial charge is 0.0798 e. The van der Waals surface area contributed by atoms with Crippen molar-refractivity contribution in [1.82, 2.24) is 15.2 Å². The van der Waals surface area contributed by atoms with Crippen LogP contribution in [0.3, 0.4) is 0 Å². The first-order valence-corrected chi connectivity index (χ1v) is 7.17. The molecule has 16 heavy (non-hydrogen) atoms. The first-order chi connectivity index (χ1) is 7.93. The summed E-state index contributed by atoms with van der Waals surface area (Å²) < 4.78 is 0. The molecule has 0 amide bonds. The second kappa shape index (κ2) is 4.82. The molecule has 0 bridgehead atoms. The zero-order valence-electron chi connectivity index (χ0n) is 9.61. The van der Waals surface area contributed by atoms with Gasteiger partial charge in [0, 0.05) is 43.5 Å². The van der Waals surface area contributed by atoms with E-state index in [0.717, 1.165) is 25.6 Å². The Labute approximate surface area is 101 Å². The summed E-state index contributed by atoms with van der Waals surface area (Å²) in [5, 5.41) is 3.40. The number of hydrogen-bond donors (Lipinski definition) is 1. The summed E-state index contributed by atoms with van der Waals surface area (Å²) in [7, 11) is 0. The van der Waals surface area contributed by atoms with Gasteiger partial charge >= 0.3 is 0 Å². The van der Waals surface area contributed by atoms with E-state index < -0.39 is 0 Å². The number of nitrogens with zero attached hydrogens (tertiary/aromatic N) is 2. The summed E-state index contributed by atoms with van der Waals surface area (Å²) in [5.74, 6) is 0.782. The van der Waals surface area contributed by atoms with Crippen LogP contribution >= 0.6 is 11.3 Å². The second-order valence-corrected chi connectivity index (χ2v) is 5.75. The number of rotatable bonds is 3. The molecule has 1 saturated carbocycles. The van der Waals surface area contributed by atoms with E-state index in [0.29, 0.717) is 0 Å². The molecule has 0 spiro atoms. The van der Waals surface area contributed by atoms with Crippen LogP contribution in [0.2, 0.25) is 0 Å². The van der Waals surface area contributed by atoms with Crippen LogP contribution in [0.25, 0.3) is 0 Å². The quantitative estimate of drug-likeness (QED) is 0.869. The number of hydrogen-bond acceptors (Lipinski definition) is 4. The molecule has 1 saturated heterocycles. The fraction of sp³-hybridized carbons (Fsp3) is 0.750. The molecule has 0 atom stereocenters. The molecule has 0 aromatic carbocycles. The molecule has 3 rings (SSSR count). The van der Waals surface area contributed by atoms with Crippen LogP contribution in [-0.4, -0.2) is 36.1 Å². The van der Waals surface area contributed by atoms with E-state index in [9.17, 15) is 0 Å². The maximum Gasteiger partial charge on any atom is 0.0798 e. The minimum atomic E-state index is 0.782. The summed E-state index contributed by atoms with van der Waals surface area (Å²) in [6.45, 7) is 5.76. The van der Waals surface area contributed by atoms with Gasteiger partial charge in [-0.25, -0.2) is 4.98 Å². The van der Waals surface area contributed by atoms with Crippen molar-refractivity contribution in [3.63, 3.8) is 0 Å². The normalized spacial score (nSPS) is 23.2. The minimum absolute atomic E-state index is 0.782. The van der Waals surface area contributed by atoms with Crippen LogP contribution in [0.4, 0.5) is 0 Å². The van der Waals surface area contributed by atoms with Crippen molar-refractivity contribution in [3.05, 3.63) is 16.1 Å². The van der Waals surface area contributed by atoms with Crippen molar-refractivity contribution in [2.45, 2.75) is 31.7 Å². The van der Waals surface area contributed by atoms with Crippen LogP contribution in [0.1, 0.15) is 35.8 Å². The highest BCUT2D eigenvalue weighted by Crippen LogP contribution is 2.38. The lowest BCUT2D eigenvalue weighted by Crippen LogP contribution is -2.42. The third-order valence-electron chi connectivity index (χ3n) is 3.74. The Balaban J connectivity index is 1.66. The van der Waals surface area contributed by atoms with Crippen molar-refractivity contribution in [2.24, 2.45) is 0 Å². The zero-order chi connectivity index (χ0) is 10.8. The van der Waals surface area contributed by atoms with Crippen molar-refractivity contribution in [1.29, 1.82) is 0 Å². The SMILES string of the molecule is c1nc(C2CCC2)c(CN2CCNCC2)s1. The van der Waals surface area contributed by atoms with Crippen molar-refractivity contribution >= 4 is 11.3 Å². The molecule has 1 aliphatic carbocycles. The Morgan fingerprint density at radius 2 is 2.19 bits per heavy atom. The van der Waals surface area contributed by atoms with Gasteiger partial charge < -0.3 is 5.32 Å². The van der Waals surface area contributed by atoms with Gasteiger partial charge in [0.1, 0.15) is 0 Å². The Morgan fingerprint density at radius 1 is 1.38 bits per heavy atom. The lowest BCUT2D eigenvalue weighted by Gasteiger charge is -2.29. The molecule has 0 unspecified atom stereocenters. The maximum absolute atomic E-state index is 4.58. The van der Waals surface area contributed by atoms with E-state index in [1.165, 1.54) is 42.9 Å². The van der Waals surface area contributed by atoms with Gasteiger partial charge in [0.2, 0.25) is 0 Å². The summed E-state index contributed by atoms with van der Waals surface area (Å²) in [5.41, 5.74) is 3.44. The fourth-order valence-electron chi connectivity index (χ4n) is 2.48. The van der Waals surface area contributed by atoms with Gasteiger partial charge in [-0.2, -0.15) is 0 Å². The first-order valence-electron chi connectivity index (χ1n) is 6.29. The topological polar surface area (TPSA) is 28.2 Å². The largest absolute Gasteiger partial charge is 0.314 e. The molecule has 2 heterocycles. The molecular formula is C12H19N3S. The minimum Gasteiger partial charge on any atom is -0.314 e. The van der Waals surface area contributed by atoms with E-state index >= 15 is 0 Å². The van der Waals surface area contributed by atoms with Crippen molar-refractivity contribution in [2.75, 3.05) is 26.2 Å². The van der Waals surface area contributed by atoms with E-state index in [-0.39, 0.29) is 0 Å². The van der Waals surface area contributed by atoms with Gasteiger partial charge in [-0.1, -0.05) is 6.42 Å². The van der Waals surface area contributed by atoms with Crippen LogP contribution < -0.4 is 5.32 Å². The van der Waals surface area contributed by atoms with Gasteiger partial charge in [0.25, 0.3) is 0 Å². The number of thiazole rings is 1. The molecular weight excluding hydrogens is 218 g/mol. The van der Waals surface area contributed by atoms with Gasteiger partial charge in [0.05, 0.1) is 11.2 Å². The summed E-state index contributed by atoms with van der Waals surface area (Å²) in [6.07, 6.45) is 4.12. The second-order valence-electron chi connectivity index (χ2n) is 4.81.